The first kappa shape index (κ1) is 33.8. The Labute approximate surface area is 274 Å². The molecule has 4 rings (SSSR count). The zero-order chi connectivity index (χ0) is 32.6. The number of sulfonamides is 1. The van der Waals surface area contributed by atoms with Crippen LogP contribution in [-0.4, -0.2) is 51.4 Å². The molecular weight excluding hydrogens is 633 g/mol. The Bertz CT molecular complexity index is 1730. The smallest absolute Gasteiger partial charge is 0.264 e. The average Bonchev–Trinajstić information content (AvgIpc) is 3.03. The molecular formula is C34H35Cl2N3O5S. The first-order chi connectivity index (χ1) is 21.5. The van der Waals surface area contributed by atoms with Crippen LogP contribution in [0, 0.1) is 6.92 Å². The van der Waals surface area contributed by atoms with Crippen molar-refractivity contribution in [3.8, 4) is 5.75 Å². The Balaban J connectivity index is 1.84. The average molecular weight is 669 g/mol. The molecule has 0 fully saturated rings. The molecule has 0 spiro atoms. The van der Waals surface area contributed by atoms with Crippen LogP contribution in [0.1, 0.15) is 23.6 Å². The summed E-state index contributed by atoms with van der Waals surface area (Å²) in [5, 5.41) is 3.56. The number of methoxy groups -OCH3 is 1. The van der Waals surface area contributed by atoms with Crippen molar-refractivity contribution in [2.75, 3.05) is 24.5 Å². The number of carbonyl (C=O) groups excluding carboxylic acids is 2. The van der Waals surface area contributed by atoms with E-state index in [1.54, 1.807) is 61.5 Å². The van der Waals surface area contributed by atoms with Crippen LogP contribution in [0.3, 0.4) is 0 Å². The number of nitrogens with zero attached hydrogens (tertiary/aromatic N) is 2. The standard InChI is InChI=1S/C34H35Cl2N3O5S/c1-4-37-34(41)31(20-25-10-6-5-7-11-25)38(22-26-16-17-27(35)21-29(26)36)33(40)23-39(30-12-8-9-13-32(30)44-3)45(42,43)28-18-14-24(2)15-19-28/h5-19,21,31H,4,20,22-23H2,1-3H3,(H,37,41)/t31-/m0/s1. The second kappa shape index (κ2) is 15.3. The van der Waals surface area contributed by atoms with Crippen molar-refractivity contribution in [1.82, 2.24) is 10.2 Å². The highest BCUT2D eigenvalue weighted by molar-refractivity contribution is 7.92. The number of halogens is 2. The molecule has 1 N–H and O–H groups in total. The van der Waals surface area contributed by atoms with E-state index in [1.165, 1.54) is 24.1 Å². The van der Waals surface area contributed by atoms with Crippen LogP contribution in [0.2, 0.25) is 10.0 Å². The quantitative estimate of drug-likeness (QED) is 0.181. The normalized spacial score (nSPS) is 11.8. The van der Waals surface area contributed by atoms with E-state index in [4.69, 9.17) is 27.9 Å². The highest BCUT2D eigenvalue weighted by atomic mass is 35.5. The van der Waals surface area contributed by atoms with Crippen LogP contribution >= 0.6 is 23.2 Å². The van der Waals surface area contributed by atoms with Crippen molar-refractivity contribution in [1.29, 1.82) is 0 Å². The zero-order valence-corrected chi connectivity index (χ0v) is 27.6. The summed E-state index contributed by atoms with van der Waals surface area (Å²) in [6.07, 6.45) is 0.184. The third-order valence-electron chi connectivity index (χ3n) is 7.22. The number of likely N-dealkylation sites (N-methyl/N-ethyl adjacent to an activating group) is 1. The lowest BCUT2D eigenvalue weighted by Gasteiger charge is -2.34. The summed E-state index contributed by atoms with van der Waals surface area (Å²) in [7, 11) is -2.84. The Morgan fingerprint density at radius 2 is 1.58 bits per heavy atom. The Morgan fingerprint density at radius 1 is 0.911 bits per heavy atom. The van der Waals surface area contributed by atoms with Crippen LogP contribution in [0.25, 0.3) is 0 Å². The predicted octanol–water partition coefficient (Wildman–Crippen LogP) is 6.28. The lowest BCUT2D eigenvalue weighted by molar-refractivity contribution is -0.140. The maximum Gasteiger partial charge on any atom is 0.264 e. The number of anilines is 1. The molecule has 236 valence electrons. The molecule has 0 radical (unpaired) electrons. The predicted molar refractivity (Wildman–Crippen MR) is 178 cm³/mol. The van der Waals surface area contributed by atoms with E-state index in [0.717, 1.165) is 15.4 Å². The first-order valence-electron chi connectivity index (χ1n) is 14.3. The summed E-state index contributed by atoms with van der Waals surface area (Å²) >= 11 is 12.7. The molecule has 0 heterocycles. The Morgan fingerprint density at radius 3 is 2.22 bits per heavy atom. The van der Waals surface area contributed by atoms with Gasteiger partial charge in [0.1, 0.15) is 18.3 Å². The number of nitrogens with one attached hydrogen (secondary N) is 1. The molecule has 1 atom stereocenters. The maximum atomic E-state index is 14.5. The van der Waals surface area contributed by atoms with Crippen molar-refractivity contribution >= 4 is 50.7 Å². The number of hydrogen-bond donors (Lipinski definition) is 1. The van der Waals surface area contributed by atoms with Crippen LogP contribution in [0.15, 0.2) is 102 Å². The van der Waals surface area contributed by atoms with E-state index in [2.05, 4.69) is 5.32 Å². The molecule has 8 nitrogen and oxygen atoms in total. The van der Waals surface area contributed by atoms with Gasteiger partial charge in [0.05, 0.1) is 17.7 Å². The molecule has 0 saturated heterocycles. The second-order valence-electron chi connectivity index (χ2n) is 10.4. The summed E-state index contributed by atoms with van der Waals surface area (Å²) < 4.78 is 34.9. The molecule has 4 aromatic carbocycles. The van der Waals surface area contributed by atoms with Crippen molar-refractivity contribution in [3.05, 3.63) is 124 Å². The summed E-state index contributed by atoms with van der Waals surface area (Å²) in [4.78, 5) is 29.5. The van der Waals surface area contributed by atoms with E-state index in [1.807, 2.05) is 37.3 Å². The molecule has 0 bridgehead atoms. The fourth-order valence-corrected chi connectivity index (χ4v) is 6.76. The number of hydrogen-bond acceptors (Lipinski definition) is 5. The van der Waals surface area contributed by atoms with Gasteiger partial charge in [-0.3, -0.25) is 13.9 Å². The van der Waals surface area contributed by atoms with Gasteiger partial charge in [-0.1, -0.05) is 89.4 Å². The third kappa shape index (κ3) is 8.36. The van der Waals surface area contributed by atoms with Gasteiger partial charge in [0.25, 0.3) is 10.0 Å². The molecule has 4 aromatic rings. The number of amides is 2. The molecule has 0 aliphatic carbocycles. The van der Waals surface area contributed by atoms with Gasteiger partial charge >= 0.3 is 0 Å². The van der Waals surface area contributed by atoms with Crippen LogP contribution in [0.4, 0.5) is 5.69 Å². The summed E-state index contributed by atoms with van der Waals surface area (Å²) in [5.41, 5.74) is 2.42. The number of para-hydroxylation sites is 2. The van der Waals surface area contributed by atoms with Gasteiger partial charge in [-0.15, -0.1) is 0 Å². The third-order valence-corrected chi connectivity index (χ3v) is 9.58. The van der Waals surface area contributed by atoms with Crippen LogP contribution in [-0.2, 0) is 32.6 Å². The number of ether oxygens (including phenoxy) is 1. The molecule has 0 saturated carbocycles. The van der Waals surface area contributed by atoms with Crippen LogP contribution in [0.5, 0.6) is 5.75 Å². The van der Waals surface area contributed by atoms with Crippen LogP contribution < -0.4 is 14.4 Å². The highest BCUT2D eigenvalue weighted by Crippen LogP contribution is 2.33. The Hall–Kier alpha value is -4.05. The lowest BCUT2D eigenvalue weighted by atomic mass is 10.0. The van der Waals surface area contributed by atoms with E-state index in [-0.39, 0.29) is 35.2 Å². The summed E-state index contributed by atoms with van der Waals surface area (Å²) in [6.45, 7) is 3.28. The van der Waals surface area contributed by atoms with Crippen molar-refractivity contribution in [2.45, 2.75) is 37.8 Å². The molecule has 2 amide bonds. The minimum Gasteiger partial charge on any atom is -0.495 e. The van der Waals surface area contributed by atoms with Gasteiger partial charge in [-0.25, -0.2) is 8.42 Å². The van der Waals surface area contributed by atoms with Gasteiger partial charge in [-0.05, 0) is 61.4 Å². The summed E-state index contributed by atoms with van der Waals surface area (Å²) in [5.74, 6) is -0.738. The molecule has 0 unspecified atom stereocenters. The van der Waals surface area contributed by atoms with E-state index >= 15 is 0 Å². The lowest BCUT2D eigenvalue weighted by Crippen LogP contribution is -2.53. The van der Waals surface area contributed by atoms with Gasteiger partial charge in [-0.2, -0.15) is 0 Å². The zero-order valence-electron chi connectivity index (χ0n) is 25.2. The molecule has 0 aromatic heterocycles. The fraction of sp³-hybridized carbons (Fsp3) is 0.235. The molecule has 11 heteroatoms. The van der Waals surface area contributed by atoms with Crippen molar-refractivity contribution in [3.63, 3.8) is 0 Å². The molecule has 45 heavy (non-hydrogen) atoms. The Kier molecular flexibility index (Phi) is 11.5. The largest absolute Gasteiger partial charge is 0.495 e. The van der Waals surface area contributed by atoms with E-state index < -0.39 is 28.5 Å². The second-order valence-corrected chi connectivity index (χ2v) is 13.1. The minimum atomic E-state index is -4.27. The maximum absolute atomic E-state index is 14.5. The number of carbonyl (C=O) groups is 2. The number of aryl methyl sites for hydroxylation is 1. The van der Waals surface area contributed by atoms with E-state index in [0.29, 0.717) is 22.2 Å². The molecule has 0 aliphatic heterocycles. The SMILES string of the molecule is CCNC(=O)[C@H](Cc1ccccc1)N(Cc1ccc(Cl)cc1Cl)C(=O)CN(c1ccccc1OC)S(=O)(=O)c1ccc(C)cc1. The fourth-order valence-electron chi connectivity index (χ4n) is 4.87. The van der Waals surface area contributed by atoms with Crippen molar-refractivity contribution < 1.29 is 22.7 Å². The molecule has 0 aliphatic rings. The van der Waals surface area contributed by atoms with Gasteiger partial charge in [0.15, 0.2) is 0 Å². The van der Waals surface area contributed by atoms with Gasteiger partial charge in [0, 0.05) is 29.6 Å². The summed E-state index contributed by atoms with van der Waals surface area (Å²) in [6, 6.07) is 26.1. The van der Waals surface area contributed by atoms with Crippen molar-refractivity contribution in [2.24, 2.45) is 0 Å². The van der Waals surface area contributed by atoms with Gasteiger partial charge < -0.3 is 15.0 Å². The topological polar surface area (TPSA) is 96.0 Å². The highest BCUT2D eigenvalue weighted by Gasteiger charge is 2.35. The number of benzene rings is 4. The minimum absolute atomic E-state index is 0.00339. The monoisotopic (exact) mass is 667 g/mol. The van der Waals surface area contributed by atoms with Gasteiger partial charge in [0.2, 0.25) is 11.8 Å². The van der Waals surface area contributed by atoms with E-state index in [9.17, 15) is 18.0 Å². The first-order valence-corrected chi connectivity index (χ1v) is 16.5. The number of rotatable bonds is 13.